The number of benzene rings is 5. The summed E-state index contributed by atoms with van der Waals surface area (Å²) in [6.07, 6.45) is 0. The van der Waals surface area contributed by atoms with Gasteiger partial charge < -0.3 is 0 Å². The average molecular weight is 512 g/mol. The van der Waals surface area contributed by atoms with Gasteiger partial charge in [0.1, 0.15) is 0 Å². The fraction of sp³-hybridized carbons (Fsp3) is 0.0294. The fourth-order valence-electron chi connectivity index (χ4n) is 5.37. The van der Waals surface area contributed by atoms with Crippen LogP contribution in [0, 0.1) is 0 Å². The van der Waals surface area contributed by atoms with Crippen molar-refractivity contribution in [1.29, 1.82) is 0 Å². The van der Waals surface area contributed by atoms with E-state index in [0.717, 1.165) is 37.7 Å². The summed E-state index contributed by atoms with van der Waals surface area (Å²) in [5, 5.41) is 5.31. The van der Waals surface area contributed by atoms with Crippen LogP contribution in [0.3, 0.4) is 0 Å². The lowest BCUT2D eigenvalue weighted by atomic mass is 10.1. The fourth-order valence-corrected chi connectivity index (χ4v) is 9.14. The first-order valence-corrected chi connectivity index (χ1v) is 14.5. The topological polar surface area (TPSA) is 39.1 Å². The van der Waals surface area contributed by atoms with Gasteiger partial charge in [0.05, 0.1) is 11.0 Å². The first-order chi connectivity index (χ1) is 18.6. The Morgan fingerprint density at radius 1 is 0.579 bits per heavy atom. The van der Waals surface area contributed by atoms with Gasteiger partial charge in [-0.2, -0.15) is 0 Å². The van der Waals surface area contributed by atoms with Crippen molar-refractivity contribution in [2.75, 3.05) is 0 Å². The van der Waals surface area contributed by atoms with E-state index in [4.69, 9.17) is 0 Å². The monoisotopic (exact) mass is 511 g/mol. The number of hydrogen-bond acceptors (Lipinski definition) is 2. The molecule has 0 N–H and O–H groups in total. The van der Waals surface area contributed by atoms with Gasteiger partial charge in [-0.1, -0.05) is 121 Å². The largest absolute Gasteiger partial charge is 0.289 e. The van der Waals surface area contributed by atoms with Crippen LogP contribution in [0.1, 0.15) is 22.1 Å². The molecule has 3 nitrogen and oxygen atoms in total. The molecular weight excluding hydrogens is 485 g/mol. The van der Waals surface area contributed by atoms with Crippen LogP contribution in [0.4, 0.5) is 0 Å². The van der Waals surface area contributed by atoms with Crippen molar-refractivity contribution in [2.24, 2.45) is 0 Å². The van der Waals surface area contributed by atoms with Crippen molar-refractivity contribution in [3.63, 3.8) is 0 Å². The van der Waals surface area contributed by atoms with Gasteiger partial charge in [-0.05, 0) is 40.7 Å². The summed E-state index contributed by atoms with van der Waals surface area (Å²) in [7, 11) is 0. The maximum atomic E-state index is 14.2. The van der Waals surface area contributed by atoms with Crippen LogP contribution in [-0.2, 0) is 0 Å². The van der Waals surface area contributed by atoms with E-state index in [1.807, 2.05) is 103 Å². The number of para-hydroxylation sites is 1. The number of carbonyl (C=O) groups is 2. The molecule has 0 saturated heterocycles. The van der Waals surface area contributed by atoms with Crippen LogP contribution < -0.4 is 15.9 Å². The SMILES string of the molecule is CC(=O)n1c2ccccc2c2ccc(C(=O)C=P(c3ccccc3)(c3ccccc3)c3ccccc3)cc21. The van der Waals surface area contributed by atoms with Gasteiger partial charge in [0.2, 0.25) is 5.91 Å². The Hall–Kier alpha value is -4.46. The minimum Gasteiger partial charge on any atom is -0.289 e. The quantitative estimate of drug-likeness (QED) is 0.198. The van der Waals surface area contributed by atoms with Crippen LogP contribution in [0.25, 0.3) is 21.8 Å². The zero-order chi connectivity index (χ0) is 26.1. The Morgan fingerprint density at radius 3 is 1.58 bits per heavy atom. The lowest BCUT2D eigenvalue weighted by Gasteiger charge is -2.28. The number of carbonyl (C=O) groups excluding carboxylic acids is 2. The molecular formula is C34H26NO2P. The first kappa shape index (κ1) is 23.9. The van der Waals surface area contributed by atoms with E-state index in [2.05, 4.69) is 36.4 Å². The second kappa shape index (κ2) is 9.78. The molecule has 6 rings (SSSR count). The molecule has 0 bridgehead atoms. The van der Waals surface area contributed by atoms with Crippen molar-refractivity contribution in [1.82, 2.24) is 4.57 Å². The molecule has 0 atom stereocenters. The number of fused-ring (bicyclic) bond motifs is 3. The molecule has 0 aliphatic heterocycles. The summed E-state index contributed by atoms with van der Waals surface area (Å²) in [5.41, 5.74) is 2.17. The summed E-state index contributed by atoms with van der Waals surface area (Å²) >= 11 is 0. The maximum absolute atomic E-state index is 14.2. The Morgan fingerprint density at radius 2 is 1.05 bits per heavy atom. The standard InChI is InChI=1S/C34H26NO2P/c1-25(36)35-32-20-12-11-19-30(32)31-22-21-26(23-33(31)35)34(37)24-38(27-13-5-2-6-14-27,28-15-7-3-8-16-28)29-17-9-4-10-18-29/h2-24H,1H3. The molecule has 6 aromatic rings. The molecule has 0 aliphatic rings. The van der Waals surface area contributed by atoms with Gasteiger partial charge in [0.15, 0.2) is 5.78 Å². The highest BCUT2D eigenvalue weighted by atomic mass is 31.2. The molecule has 5 aromatic carbocycles. The minimum absolute atomic E-state index is 0.0582. The highest BCUT2D eigenvalue weighted by Crippen LogP contribution is 2.44. The van der Waals surface area contributed by atoms with E-state index in [0.29, 0.717) is 5.56 Å². The predicted molar refractivity (Wildman–Crippen MR) is 161 cm³/mol. The van der Waals surface area contributed by atoms with Gasteiger partial charge in [-0.15, -0.1) is 0 Å². The highest BCUT2D eigenvalue weighted by Gasteiger charge is 2.27. The summed E-state index contributed by atoms with van der Waals surface area (Å²) in [4.78, 5) is 26.9. The van der Waals surface area contributed by atoms with E-state index in [1.54, 1.807) is 11.5 Å². The molecule has 38 heavy (non-hydrogen) atoms. The smallest absolute Gasteiger partial charge is 0.228 e. The number of nitrogens with zero attached hydrogens (tertiary/aromatic N) is 1. The molecule has 1 aromatic heterocycles. The second-order valence-corrected chi connectivity index (χ2v) is 12.6. The van der Waals surface area contributed by atoms with Crippen LogP contribution in [0.15, 0.2) is 133 Å². The lowest BCUT2D eigenvalue weighted by Crippen LogP contribution is -2.28. The van der Waals surface area contributed by atoms with Crippen LogP contribution in [0.5, 0.6) is 0 Å². The zero-order valence-corrected chi connectivity index (χ0v) is 21.9. The third-order valence-corrected chi connectivity index (χ3v) is 11.0. The molecule has 0 aliphatic carbocycles. The Balaban J connectivity index is 1.64. The lowest BCUT2D eigenvalue weighted by molar-refractivity contribution is 0.0945. The van der Waals surface area contributed by atoms with E-state index in [9.17, 15) is 9.59 Å². The average Bonchev–Trinajstić information content (AvgIpc) is 3.31. The number of Topliss-reactive ketones (excluding diaryl/α,β-unsaturated/α-hetero) is 1. The van der Waals surface area contributed by atoms with Crippen LogP contribution in [0.2, 0.25) is 0 Å². The third kappa shape index (κ3) is 3.93. The van der Waals surface area contributed by atoms with E-state index in [1.165, 1.54) is 0 Å². The predicted octanol–water partition coefficient (Wildman–Crippen LogP) is 6.43. The van der Waals surface area contributed by atoms with Gasteiger partial charge in [-0.25, -0.2) is 0 Å². The molecule has 0 unspecified atom stereocenters. The van der Waals surface area contributed by atoms with Crippen molar-refractivity contribution in [3.8, 4) is 0 Å². The summed E-state index contributed by atoms with van der Waals surface area (Å²) < 4.78 is 1.70. The molecule has 184 valence electrons. The normalized spacial score (nSPS) is 11.5. The summed E-state index contributed by atoms with van der Waals surface area (Å²) in [5.74, 6) is 1.80. The Labute approximate surface area is 222 Å². The minimum atomic E-state index is -2.44. The Bertz CT molecular complexity index is 1750. The van der Waals surface area contributed by atoms with Crippen molar-refractivity contribution in [2.45, 2.75) is 6.92 Å². The van der Waals surface area contributed by atoms with Gasteiger partial charge in [0, 0.05) is 23.3 Å². The van der Waals surface area contributed by atoms with Gasteiger partial charge in [-0.3, -0.25) is 14.2 Å². The molecule has 0 radical (unpaired) electrons. The first-order valence-electron chi connectivity index (χ1n) is 12.6. The molecule has 0 fully saturated rings. The molecule has 0 saturated carbocycles. The number of rotatable bonds is 5. The molecule has 1 heterocycles. The number of aromatic nitrogens is 1. The van der Waals surface area contributed by atoms with E-state index >= 15 is 0 Å². The summed E-state index contributed by atoms with van der Waals surface area (Å²) in [6.45, 7) is -0.884. The molecule has 0 spiro atoms. The summed E-state index contributed by atoms with van der Waals surface area (Å²) in [6, 6.07) is 44.5. The van der Waals surface area contributed by atoms with Gasteiger partial charge >= 0.3 is 0 Å². The van der Waals surface area contributed by atoms with Gasteiger partial charge in [0.25, 0.3) is 0 Å². The van der Waals surface area contributed by atoms with Crippen molar-refractivity contribution >= 4 is 62.1 Å². The number of hydrogen-bond donors (Lipinski definition) is 0. The van der Waals surface area contributed by atoms with Crippen molar-refractivity contribution < 1.29 is 9.59 Å². The number of ketones is 1. The molecule has 4 heteroatoms. The van der Waals surface area contributed by atoms with Crippen LogP contribution in [-0.4, -0.2) is 22.1 Å². The zero-order valence-electron chi connectivity index (χ0n) is 21.0. The maximum Gasteiger partial charge on any atom is 0.228 e. The highest BCUT2D eigenvalue weighted by molar-refractivity contribution is 7.95. The second-order valence-electron chi connectivity index (χ2n) is 9.33. The van der Waals surface area contributed by atoms with Crippen molar-refractivity contribution in [3.05, 3.63) is 139 Å². The van der Waals surface area contributed by atoms with Crippen LogP contribution >= 0.6 is 6.89 Å². The van der Waals surface area contributed by atoms with E-state index < -0.39 is 6.89 Å². The molecule has 0 amide bonds. The van der Waals surface area contributed by atoms with E-state index in [-0.39, 0.29) is 11.7 Å². The Kier molecular flexibility index (Phi) is 6.15. The third-order valence-electron chi connectivity index (χ3n) is 7.07.